The molecule has 1 atom stereocenters. The van der Waals surface area contributed by atoms with Crippen molar-refractivity contribution in [2.45, 2.75) is 46.3 Å². The van der Waals surface area contributed by atoms with Gasteiger partial charge in [-0.2, -0.15) is 0 Å². The van der Waals surface area contributed by atoms with Gasteiger partial charge in [-0.25, -0.2) is 9.59 Å². The lowest BCUT2D eigenvalue weighted by atomic mass is 9.96. The highest BCUT2D eigenvalue weighted by Gasteiger charge is 2.20. The first kappa shape index (κ1) is 24.8. The molecule has 172 valence electrons. The monoisotopic (exact) mass is 441 g/mol. The number of benzene rings is 2. The minimum Gasteiger partial charge on any atom is -0.496 e. The Morgan fingerprint density at radius 2 is 1.62 bits per heavy atom. The molecule has 2 N–H and O–H groups in total. The molecule has 1 amide bonds. The molecule has 0 saturated heterocycles. The summed E-state index contributed by atoms with van der Waals surface area (Å²) >= 11 is 0. The van der Waals surface area contributed by atoms with Crippen LogP contribution in [0.1, 0.15) is 40.7 Å². The maximum absolute atomic E-state index is 12.0. The number of allylic oxidation sites excluding steroid dienone is 1. The third kappa shape index (κ3) is 6.26. The maximum atomic E-state index is 12.0. The van der Waals surface area contributed by atoms with Crippen molar-refractivity contribution in [2.24, 2.45) is 0 Å². The topological polar surface area (TPSA) is 94.1 Å². The minimum atomic E-state index is -1.11. The zero-order valence-electron chi connectivity index (χ0n) is 19.2. The van der Waals surface area contributed by atoms with E-state index in [1.807, 2.05) is 63.3 Å². The summed E-state index contributed by atoms with van der Waals surface area (Å²) in [5, 5.41) is 11.9. The van der Waals surface area contributed by atoms with Gasteiger partial charge in [-0.15, -0.1) is 0 Å². The van der Waals surface area contributed by atoms with Gasteiger partial charge in [0.25, 0.3) is 0 Å². The van der Waals surface area contributed by atoms with Gasteiger partial charge in [-0.05, 0) is 50.3 Å². The summed E-state index contributed by atoms with van der Waals surface area (Å²) in [6.45, 7) is 5.99. The van der Waals surface area contributed by atoms with Crippen molar-refractivity contribution in [3.63, 3.8) is 0 Å². The molecule has 0 aromatic heterocycles. The lowest BCUT2D eigenvalue weighted by Crippen LogP contribution is -2.40. The first-order valence-corrected chi connectivity index (χ1v) is 10.4. The Bertz CT molecular complexity index is 968. The van der Waals surface area contributed by atoms with E-state index in [4.69, 9.17) is 14.2 Å². The summed E-state index contributed by atoms with van der Waals surface area (Å²) in [7, 11) is 3.26. The van der Waals surface area contributed by atoms with Crippen LogP contribution in [0.4, 0.5) is 4.79 Å². The molecule has 32 heavy (non-hydrogen) atoms. The SMILES string of the molecule is COc1c(C)c(C)c(OC)c(/C=C\CCC(NC(=O)OCc2ccccc2)C(=O)O)c1C. The Morgan fingerprint density at radius 1 is 1.00 bits per heavy atom. The van der Waals surface area contributed by atoms with Crippen LogP contribution in [0.25, 0.3) is 6.08 Å². The van der Waals surface area contributed by atoms with Gasteiger partial charge in [0.05, 0.1) is 14.2 Å². The summed E-state index contributed by atoms with van der Waals surface area (Å²) in [6, 6.07) is 8.13. The number of carbonyl (C=O) groups excluding carboxylic acids is 1. The van der Waals surface area contributed by atoms with Gasteiger partial charge in [0.1, 0.15) is 24.1 Å². The Labute approximate surface area is 189 Å². The minimum absolute atomic E-state index is 0.0760. The number of aliphatic carboxylic acids is 1. The van der Waals surface area contributed by atoms with Gasteiger partial charge in [0.15, 0.2) is 0 Å². The molecule has 0 aliphatic heterocycles. The van der Waals surface area contributed by atoms with E-state index in [0.29, 0.717) is 6.42 Å². The van der Waals surface area contributed by atoms with Gasteiger partial charge < -0.3 is 24.6 Å². The zero-order valence-corrected chi connectivity index (χ0v) is 19.2. The molecule has 0 aliphatic rings. The van der Waals surface area contributed by atoms with Gasteiger partial charge in [0, 0.05) is 11.1 Å². The van der Waals surface area contributed by atoms with Crippen molar-refractivity contribution in [1.82, 2.24) is 5.32 Å². The standard InChI is InChI=1S/C25H31NO6/c1-16-17(2)23(31-5)20(18(3)22(16)30-4)13-9-10-14-21(24(27)28)26-25(29)32-15-19-11-7-6-8-12-19/h6-9,11-13,21H,10,14-15H2,1-5H3,(H,26,29)(H,27,28)/b13-9-. The van der Waals surface area contributed by atoms with Crippen LogP contribution in [-0.2, 0) is 16.1 Å². The van der Waals surface area contributed by atoms with E-state index in [1.54, 1.807) is 14.2 Å². The lowest BCUT2D eigenvalue weighted by Gasteiger charge is -2.19. The van der Waals surface area contributed by atoms with E-state index >= 15 is 0 Å². The summed E-state index contributed by atoms with van der Waals surface area (Å²) in [6.07, 6.45) is 3.66. The van der Waals surface area contributed by atoms with Crippen molar-refractivity contribution in [1.29, 1.82) is 0 Å². The van der Waals surface area contributed by atoms with Crippen LogP contribution >= 0.6 is 0 Å². The number of methoxy groups -OCH3 is 2. The Kier molecular flexibility index (Phi) is 9.13. The average molecular weight is 442 g/mol. The number of rotatable bonds is 10. The van der Waals surface area contributed by atoms with Gasteiger partial charge in [0.2, 0.25) is 0 Å². The van der Waals surface area contributed by atoms with E-state index in [1.165, 1.54) is 0 Å². The largest absolute Gasteiger partial charge is 0.496 e. The zero-order chi connectivity index (χ0) is 23.7. The normalized spacial score (nSPS) is 11.8. The second-order valence-corrected chi connectivity index (χ2v) is 7.43. The number of nitrogens with one attached hydrogen (secondary N) is 1. The molecule has 1 unspecified atom stereocenters. The number of carbonyl (C=O) groups is 2. The molecule has 2 aromatic rings. The maximum Gasteiger partial charge on any atom is 0.408 e. The Morgan fingerprint density at radius 3 is 2.22 bits per heavy atom. The first-order valence-electron chi connectivity index (χ1n) is 10.4. The smallest absolute Gasteiger partial charge is 0.408 e. The van der Waals surface area contributed by atoms with Crippen LogP contribution < -0.4 is 14.8 Å². The number of hydrogen-bond acceptors (Lipinski definition) is 5. The van der Waals surface area contributed by atoms with Crippen molar-refractivity contribution < 1.29 is 28.9 Å². The molecule has 0 heterocycles. The van der Waals surface area contributed by atoms with Gasteiger partial charge in [-0.3, -0.25) is 0 Å². The highest BCUT2D eigenvalue weighted by atomic mass is 16.5. The van der Waals surface area contributed by atoms with Crippen molar-refractivity contribution in [3.05, 3.63) is 64.2 Å². The van der Waals surface area contributed by atoms with Crippen molar-refractivity contribution >= 4 is 18.1 Å². The number of ether oxygens (including phenoxy) is 3. The third-order valence-corrected chi connectivity index (χ3v) is 5.35. The third-order valence-electron chi connectivity index (χ3n) is 5.35. The second-order valence-electron chi connectivity index (χ2n) is 7.43. The molecular formula is C25H31NO6. The number of hydrogen-bond donors (Lipinski definition) is 2. The quantitative estimate of drug-likeness (QED) is 0.550. The van der Waals surface area contributed by atoms with Crippen molar-refractivity contribution in [3.8, 4) is 11.5 Å². The molecule has 0 fully saturated rings. The summed E-state index contributed by atoms with van der Waals surface area (Å²) in [5.74, 6) is 0.445. The molecule has 0 bridgehead atoms. The fraction of sp³-hybridized carbons (Fsp3) is 0.360. The number of carboxylic acids is 1. The summed E-state index contributed by atoms with van der Waals surface area (Å²) < 4.78 is 16.3. The molecule has 2 aromatic carbocycles. The number of amides is 1. The number of alkyl carbamates (subject to hydrolysis) is 1. The van der Waals surface area contributed by atoms with Gasteiger partial charge >= 0.3 is 12.1 Å². The molecule has 0 spiro atoms. The van der Waals surface area contributed by atoms with Gasteiger partial charge in [-0.1, -0.05) is 42.5 Å². The van der Waals surface area contributed by atoms with Crippen LogP contribution in [0.15, 0.2) is 36.4 Å². The Balaban J connectivity index is 2.01. The van der Waals surface area contributed by atoms with E-state index in [-0.39, 0.29) is 13.0 Å². The highest BCUT2D eigenvalue weighted by Crippen LogP contribution is 2.38. The van der Waals surface area contributed by atoms with Crippen LogP contribution in [0.5, 0.6) is 11.5 Å². The van der Waals surface area contributed by atoms with E-state index in [0.717, 1.165) is 39.3 Å². The van der Waals surface area contributed by atoms with Crippen LogP contribution in [-0.4, -0.2) is 37.4 Å². The molecule has 0 saturated carbocycles. The van der Waals surface area contributed by atoms with Crippen LogP contribution in [0, 0.1) is 20.8 Å². The predicted octanol–water partition coefficient (Wildman–Crippen LogP) is 4.80. The predicted molar refractivity (Wildman–Crippen MR) is 123 cm³/mol. The molecule has 0 aliphatic carbocycles. The average Bonchev–Trinajstić information content (AvgIpc) is 2.78. The second kappa shape index (κ2) is 11.8. The fourth-order valence-electron chi connectivity index (χ4n) is 3.51. The Hall–Kier alpha value is -3.48. The first-order chi connectivity index (χ1) is 15.3. The number of carboxylic acid groups (broad SMARTS) is 1. The summed E-state index contributed by atoms with van der Waals surface area (Å²) in [4.78, 5) is 23.6. The molecule has 2 rings (SSSR count). The van der Waals surface area contributed by atoms with E-state index in [2.05, 4.69) is 5.32 Å². The van der Waals surface area contributed by atoms with Crippen molar-refractivity contribution in [2.75, 3.05) is 14.2 Å². The summed E-state index contributed by atoms with van der Waals surface area (Å²) in [5.41, 5.74) is 4.66. The molecule has 0 radical (unpaired) electrons. The van der Waals surface area contributed by atoms with Crippen LogP contribution in [0.3, 0.4) is 0 Å². The fourth-order valence-corrected chi connectivity index (χ4v) is 3.51. The highest BCUT2D eigenvalue weighted by molar-refractivity contribution is 5.79. The molecule has 7 nitrogen and oxygen atoms in total. The molecular weight excluding hydrogens is 410 g/mol. The van der Waals surface area contributed by atoms with E-state index in [9.17, 15) is 14.7 Å². The lowest BCUT2D eigenvalue weighted by molar-refractivity contribution is -0.139. The molecule has 7 heteroatoms. The van der Waals surface area contributed by atoms with Crippen LogP contribution in [0.2, 0.25) is 0 Å². The van der Waals surface area contributed by atoms with E-state index < -0.39 is 18.1 Å².